The van der Waals surface area contributed by atoms with Gasteiger partial charge in [0.15, 0.2) is 0 Å². The van der Waals surface area contributed by atoms with Crippen molar-refractivity contribution in [1.29, 1.82) is 0 Å². The highest BCUT2D eigenvalue weighted by Gasteiger charge is 2.45. The van der Waals surface area contributed by atoms with Gasteiger partial charge < -0.3 is 9.88 Å². The number of nitrogens with zero attached hydrogens (tertiary/aromatic N) is 2. The smallest absolute Gasteiger partial charge is 0.351 e. The highest BCUT2D eigenvalue weighted by molar-refractivity contribution is 7.89. The summed E-state index contributed by atoms with van der Waals surface area (Å²) in [5.41, 5.74) is -0.616. The number of sulfonamides is 1. The van der Waals surface area contributed by atoms with Gasteiger partial charge in [0.2, 0.25) is 15.9 Å². The molecule has 1 aromatic rings. The fourth-order valence-corrected chi connectivity index (χ4v) is 5.08. The van der Waals surface area contributed by atoms with E-state index in [0.717, 1.165) is 22.9 Å². The largest absolute Gasteiger partial charge is 0.393 e. The lowest BCUT2D eigenvalue weighted by atomic mass is 9.84. The highest BCUT2D eigenvalue weighted by Crippen LogP contribution is 2.37. The number of hydrogen-bond donors (Lipinski definition) is 1. The number of alkyl halides is 3. The lowest BCUT2D eigenvalue weighted by molar-refractivity contribution is -0.189. The van der Waals surface area contributed by atoms with Gasteiger partial charge in [0, 0.05) is 31.4 Å². The van der Waals surface area contributed by atoms with Crippen LogP contribution in [0.4, 0.5) is 13.2 Å². The van der Waals surface area contributed by atoms with E-state index in [1.807, 2.05) is 0 Å². The zero-order valence-electron chi connectivity index (χ0n) is 16.4. The van der Waals surface area contributed by atoms with Crippen LogP contribution in [0.15, 0.2) is 28.0 Å². The van der Waals surface area contributed by atoms with Crippen molar-refractivity contribution >= 4 is 15.9 Å². The summed E-state index contributed by atoms with van der Waals surface area (Å²) in [7, 11) is -3.84. The van der Waals surface area contributed by atoms with Crippen LogP contribution >= 0.6 is 0 Å². The standard InChI is InChI=1S/C18H26F3N3O4S/c1-3-24(4-2)29(27,28)13-9-10-17(26)23(11-13)12-16(25)22-15-8-6-5-7-14(15)18(19,20)21/h9-11,14-15H,3-8,12H2,1-2H3,(H,22,25)/t14-,15-/m1/s1. The van der Waals surface area contributed by atoms with Crippen molar-refractivity contribution in [2.24, 2.45) is 5.92 Å². The van der Waals surface area contributed by atoms with Gasteiger partial charge in [0.1, 0.15) is 6.54 Å². The maximum absolute atomic E-state index is 13.2. The van der Waals surface area contributed by atoms with Crippen molar-refractivity contribution in [1.82, 2.24) is 14.2 Å². The van der Waals surface area contributed by atoms with E-state index in [-0.39, 0.29) is 30.8 Å². The fraction of sp³-hybridized carbons (Fsp3) is 0.667. The quantitative estimate of drug-likeness (QED) is 0.708. The molecule has 1 fully saturated rings. The molecule has 2 atom stereocenters. The average Bonchev–Trinajstić information content (AvgIpc) is 2.63. The molecule has 1 aliphatic carbocycles. The first kappa shape index (κ1) is 23.4. The van der Waals surface area contributed by atoms with E-state index in [0.29, 0.717) is 12.8 Å². The van der Waals surface area contributed by atoms with Crippen LogP contribution in [0.25, 0.3) is 0 Å². The molecular formula is C18H26F3N3O4S. The third kappa shape index (κ3) is 5.59. The van der Waals surface area contributed by atoms with Crippen LogP contribution in [0.5, 0.6) is 0 Å². The van der Waals surface area contributed by atoms with Crippen LogP contribution < -0.4 is 10.9 Å². The number of pyridine rings is 1. The van der Waals surface area contributed by atoms with Crippen molar-refractivity contribution < 1.29 is 26.4 Å². The van der Waals surface area contributed by atoms with Crippen LogP contribution in [-0.4, -0.2) is 48.5 Å². The Bertz CT molecular complexity index is 879. The Hall–Kier alpha value is -1.88. The van der Waals surface area contributed by atoms with Gasteiger partial charge in [-0.2, -0.15) is 17.5 Å². The summed E-state index contributed by atoms with van der Waals surface area (Å²) in [4.78, 5) is 24.2. The van der Waals surface area contributed by atoms with Crippen LogP contribution in [0, 0.1) is 5.92 Å². The molecule has 1 amide bonds. The fourth-order valence-electron chi connectivity index (χ4n) is 3.60. The Morgan fingerprint density at radius 3 is 2.41 bits per heavy atom. The molecule has 1 aromatic heterocycles. The van der Waals surface area contributed by atoms with E-state index < -0.39 is 46.2 Å². The van der Waals surface area contributed by atoms with Gasteiger partial charge in [-0.05, 0) is 18.9 Å². The predicted octanol–water partition coefficient (Wildman–Crippen LogP) is 2.12. The molecule has 1 saturated carbocycles. The Balaban J connectivity index is 2.19. The molecule has 1 N–H and O–H groups in total. The van der Waals surface area contributed by atoms with Crippen LogP contribution in [-0.2, 0) is 21.4 Å². The molecule has 0 aliphatic heterocycles. The molecule has 0 unspecified atom stereocenters. The molecule has 1 aliphatic rings. The number of hydrogen-bond acceptors (Lipinski definition) is 4. The van der Waals surface area contributed by atoms with Crippen molar-refractivity contribution in [3.63, 3.8) is 0 Å². The minimum absolute atomic E-state index is 0.0496. The summed E-state index contributed by atoms with van der Waals surface area (Å²) >= 11 is 0. The molecule has 29 heavy (non-hydrogen) atoms. The Morgan fingerprint density at radius 2 is 1.83 bits per heavy atom. The first-order valence-corrected chi connectivity index (χ1v) is 11.0. The molecule has 7 nitrogen and oxygen atoms in total. The maximum Gasteiger partial charge on any atom is 0.393 e. The molecule has 0 aromatic carbocycles. The summed E-state index contributed by atoms with van der Waals surface area (Å²) in [5, 5.41) is 2.38. The number of aromatic nitrogens is 1. The van der Waals surface area contributed by atoms with E-state index in [2.05, 4.69) is 5.32 Å². The predicted molar refractivity (Wildman–Crippen MR) is 101 cm³/mol. The first-order valence-electron chi connectivity index (χ1n) is 9.57. The third-order valence-corrected chi connectivity index (χ3v) is 7.18. The highest BCUT2D eigenvalue weighted by atomic mass is 32.2. The topological polar surface area (TPSA) is 88.5 Å². The first-order chi connectivity index (χ1) is 13.5. The molecular weight excluding hydrogens is 411 g/mol. The van der Waals surface area contributed by atoms with Crippen molar-refractivity contribution in [3.05, 3.63) is 28.7 Å². The maximum atomic E-state index is 13.2. The second kappa shape index (κ2) is 9.29. The van der Waals surface area contributed by atoms with Gasteiger partial charge in [-0.1, -0.05) is 26.7 Å². The molecule has 0 radical (unpaired) electrons. The Kier molecular flexibility index (Phi) is 7.50. The summed E-state index contributed by atoms with van der Waals surface area (Å²) in [6.07, 6.45) is -2.17. The molecule has 11 heteroatoms. The monoisotopic (exact) mass is 437 g/mol. The van der Waals surface area contributed by atoms with Crippen LogP contribution in [0.1, 0.15) is 39.5 Å². The lowest BCUT2D eigenvalue weighted by Gasteiger charge is -2.33. The molecule has 2 rings (SSSR count). The van der Waals surface area contributed by atoms with Crippen LogP contribution in [0.3, 0.4) is 0 Å². The van der Waals surface area contributed by atoms with Crippen molar-refractivity contribution in [3.8, 4) is 0 Å². The molecule has 0 saturated heterocycles. The second-order valence-corrected chi connectivity index (χ2v) is 8.96. The summed E-state index contributed by atoms with van der Waals surface area (Å²) in [6, 6.07) is 1.14. The zero-order chi connectivity index (χ0) is 21.8. The van der Waals surface area contributed by atoms with Crippen molar-refractivity contribution in [2.45, 2.75) is 63.2 Å². The van der Waals surface area contributed by atoms with E-state index in [9.17, 15) is 31.2 Å². The SMILES string of the molecule is CCN(CC)S(=O)(=O)c1ccc(=O)n(CC(=O)N[C@@H]2CCCC[C@H]2C(F)(F)F)c1. The number of amides is 1. The minimum atomic E-state index is -4.41. The zero-order valence-corrected chi connectivity index (χ0v) is 17.2. The molecule has 164 valence electrons. The van der Waals surface area contributed by atoms with E-state index in [4.69, 9.17) is 0 Å². The molecule has 0 spiro atoms. The second-order valence-electron chi connectivity index (χ2n) is 7.03. The Labute approximate surface area is 167 Å². The summed E-state index contributed by atoms with van der Waals surface area (Å²) < 4.78 is 66.8. The number of halogens is 3. The van der Waals surface area contributed by atoms with Gasteiger partial charge in [0.05, 0.1) is 10.8 Å². The normalized spacial score (nSPS) is 20.6. The average molecular weight is 437 g/mol. The van der Waals surface area contributed by atoms with E-state index in [1.54, 1.807) is 13.8 Å². The Morgan fingerprint density at radius 1 is 1.21 bits per heavy atom. The van der Waals surface area contributed by atoms with Gasteiger partial charge in [-0.3, -0.25) is 9.59 Å². The minimum Gasteiger partial charge on any atom is -0.351 e. The van der Waals surface area contributed by atoms with Crippen molar-refractivity contribution in [2.75, 3.05) is 13.1 Å². The van der Waals surface area contributed by atoms with E-state index in [1.165, 1.54) is 4.31 Å². The molecule has 1 heterocycles. The lowest BCUT2D eigenvalue weighted by Crippen LogP contribution is -2.49. The summed E-state index contributed by atoms with van der Waals surface area (Å²) in [5.74, 6) is -2.38. The van der Waals surface area contributed by atoms with Gasteiger partial charge in [-0.25, -0.2) is 8.42 Å². The third-order valence-electron chi connectivity index (χ3n) is 5.15. The van der Waals surface area contributed by atoms with Gasteiger partial charge in [-0.15, -0.1) is 0 Å². The number of rotatable bonds is 7. The van der Waals surface area contributed by atoms with Crippen LogP contribution in [0.2, 0.25) is 0 Å². The summed E-state index contributed by atoms with van der Waals surface area (Å²) in [6.45, 7) is 3.26. The van der Waals surface area contributed by atoms with E-state index >= 15 is 0 Å². The number of carbonyl (C=O) groups is 1. The number of carbonyl (C=O) groups excluding carboxylic acids is 1. The number of nitrogens with one attached hydrogen (secondary N) is 1. The van der Waals surface area contributed by atoms with Gasteiger partial charge in [0.25, 0.3) is 5.56 Å². The van der Waals surface area contributed by atoms with Gasteiger partial charge >= 0.3 is 6.18 Å². The molecule has 0 bridgehead atoms.